The quantitative estimate of drug-likeness (QED) is 0.273. The van der Waals surface area contributed by atoms with Crippen LogP contribution in [0.4, 0.5) is 18.9 Å². The van der Waals surface area contributed by atoms with E-state index in [1.54, 1.807) is 31.6 Å². The molecule has 3 rings (SSSR count). The Bertz CT molecular complexity index is 1190. The average Bonchev–Trinajstić information content (AvgIpc) is 2.89. The molecule has 0 bridgehead atoms. The van der Waals surface area contributed by atoms with Gasteiger partial charge in [-0.25, -0.2) is 5.84 Å². The number of pyridine rings is 1. The number of likely N-dealkylation sites (N-methyl/N-ethyl adjacent to an activating group) is 1. The number of amides is 3. The van der Waals surface area contributed by atoms with Crippen LogP contribution in [0.2, 0.25) is 0 Å². The molecule has 1 aromatic carbocycles. The van der Waals surface area contributed by atoms with Crippen molar-refractivity contribution in [1.82, 2.24) is 15.2 Å². The molecule has 1 aliphatic rings. The summed E-state index contributed by atoms with van der Waals surface area (Å²) in [6, 6.07) is 7.76. The number of anilines is 1. The van der Waals surface area contributed by atoms with Gasteiger partial charge in [-0.05, 0) is 60.9 Å². The van der Waals surface area contributed by atoms with Crippen LogP contribution < -0.4 is 21.9 Å². The summed E-state index contributed by atoms with van der Waals surface area (Å²) in [5.41, 5.74) is 6.63. The molecule has 38 heavy (non-hydrogen) atoms. The summed E-state index contributed by atoms with van der Waals surface area (Å²) in [6.45, 7) is 1.44. The van der Waals surface area contributed by atoms with E-state index < -0.39 is 11.7 Å². The zero-order valence-corrected chi connectivity index (χ0v) is 20.9. The van der Waals surface area contributed by atoms with E-state index in [1.807, 2.05) is 18.2 Å². The van der Waals surface area contributed by atoms with Crippen LogP contribution in [0.25, 0.3) is 5.70 Å². The molecule has 1 aliphatic carbocycles. The Morgan fingerprint density at radius 2 is 1.76 bits per heavy atom. The number of primary amides is 1. The minimum Gasteiger partial charge on any atom is -0.372 e. The van der Waals surface area contributed by atoms with Crippen molar-refractivity contribution in [3.63, 3.8) is 0 Å². The van der Waals surface area contributed by atoms with Gasteiger partial charge in [-0.3, -0.25) is 24.4 Å². The van der Waals surface area contributed by atoms with Crippen LogP contribution in [-0.2, 0) is 20.6 Å². The fraction of sp³-hybridized carbons (Fsp3) is 0.231. The van der Waals surface area contributed by atoms with Gasteiger partial charge >= 0.3 is 6.18 Å². The number of allylic oxidation sites excluding steroid dienone is 3. The Morgan fingerprint density at radius 3 is 2.29 bits per heavy atom. The molecular formula is C26H29F3N6O3. The summed E-state index contributed by atoms with van der Waals surface area (Å²) < 4.78 is 38.9. The van der Waals surface area contributed by atoms with E-state index in [0.717, 1.165) is 23.3 Å². The van der Waals surface area contributed by atoms with Gasteiger partial charge < -0.3 is 16.0 Å². The normalized spacial score (nSPS) is 15.2. The number of carbonyl (C=O) groups excluding carboxylic acids is 3. The topological polar surface area (TPSA) is 135 Å². The number of halogens is 3. The lowest BCUT2D eigenvalue weighted by Crippen LogP contribution is -2.39. The predicted octanol–water partition coefficient (Wildman–Crippen LogP) is 3.12. The molecule has 0 saturated heterocycles. The maximum atomic E-state index is 13.0. The summed E-state index contributed by atoms with van der Waals surface area (Å²) in [6.07, 6.45) is 6.18. The van der Waals surface area contributed by atoms with Gasteiger partial charge in [0.25, 0.3) is 0 Å². The molecule has 1 heterocycles. The van der Waals surface area contributed by atoms with Gasteiger partial charge in [-0.1, -0.05) is 12.2 Å². The van der Waals surface area contributed by atoms with E-state index in [4.69, 9.17) is 10.6 Å². The number of carbonyl (C=O) groups is 3. The van der Waals surface area contributed by atoms with Crippen LogP contribution in [0.15, 0.2) is 78.3 Å². The summed E-state index contributed by atoms with van der Waals surface area (Å²) >= 11 is 0. The van der Waals surface area contributed by atoms with Crippen LogP contribution in [0, 0.1) is 0 Å². The Labute approximate surface area is 218 Å². The number of hydrogen-bond donors (Lipinski definition) is 3. The lowest BCUT2D eigenvalue weighted by atomic mass is 9.96. The molecule has 1 aromatic heterocycles. The number of alkyl halides is 3. The summed E-state index contributed by atoms with van der Waals surface area (Å²) in [5.74, 6) is 6.18. The van der Waals surface area contributed by atoms with Crippen molar-refractivity contribution in [3.8, 4) is 0 Å². The van der Waals surface area contributed by atoms with Gasteiger partial charge in [0.15, 0.2) is 0 Å². The highest BCUT2D eigenvalue weighted by atomic mass is 19.4. The third kappa shape index (κ3) is 8.03. The minimum atomic E-state index is -4.44. The zero-order valence-electron chi connectivity index (χ0n) is 20.9. The Kier molecular flexibility index (Phi) is 10.8. The van der Waals surface area contributed by atoms with Crippen molar-refractivity contribution in [2.75, 3.05) is 12.1 Å². The number of nitrogens with one attached hydrogen (secondary N) is 1. The van der Waals surface area contributed by atoms with Gasteiger partial charge in [0.2, 0.25) is 18.7 Å². The smallest absolute Gasteiger partial charge is 0.372 e. The predicted molar refractivity (Wildman–Crippen MR) is 137 cm³/mol. The molecule has 9 nitrogen and oxygen atoms in total. The Morgan fingerprint density at radius 1 is 1.16 bits per heavy atom. The van der Waals surface area contributed by atoms with Crippen LogP contribution in [0.5, 0.6) is 0 Å². The number of hydrogen-bond acceptors (Lipinski definition) is 6. The Hall–Kier alpha value is -4.45. The lowest BCUT2D eigenvalue weighted by molar-refractivity contribution is -0.137. The lowest BCUT2D eigenvalue weighted by Gasteiger charge is -2.29. The molecule has 3 amide bonds. The maximum Gasteiger partial charge on any atom is 0.416 e. The van der Waals surface area contributed by atoms with Crippen LogP contribution in [0.1, 0.15) is 30.9 Å². The maximum absolute atomic E-state index is 13.0. The van der Waals surface area contributed by atoms with E-state index in [0.29, 0.717) is 36.3 Å². The molecule has 0 spiro atoms. The molecule has 0 saturated carbocycles. The van der Waals surface area contributed by atoms with Crippen molar-refractivity contribution in [3.05, 3.63) is 89.4 Å². The highest BCUT2D eigenvalue weighted by Gasteiger charge is 2.30. The molecule has 1 unspecified atom stereocenters. The van der Waals surface area contributed by atoms with Crippen molar-refractivity contribution in [2.24, 2.45) is 11.6 Å². The molecule has 12 heteroatoms. The second-order valence-electron chi connectivity index (χ2n) is 8.08. The molecule has 2 aromatic rings. The first-order valence-corrected chi connectivity index (χ1v) is 11.4. The van der Waals surface area contributed by atoms with Gasteiger partial charge in [-0.2, -0.15) is 13.2 Å². The summed E-state index contributed by atoms with van der Waals surface area (Å²) in [5, 5.41) is 4.04. The molecule has 0 radical (unpaired) electrons. The number of nitrogens with two attached hydrogens (primary N) is 2. The summed E-state index contributed by atoms with van der Waals surface area (Å²) in [7, 11) is 1.64. The average molecular weight is 531 g/mol. The summed E-state index contributed by atoms with van der Waals surface area (Å²) in [4.78, 5) is 37.0. The van der Waals surface area contributed by atoms with Gasteiger partial charge in [0.05, 0.1) is 23.0 Å². The number of nitrogens with zero attached hydrogens (tertiary/aromatic N) is 3. The molecule has 202 valence electrons. The first kappa shape index (κ1) is 29.8. The molecular weight excluding hydrogens is 501 g/mol. The molecule has 0 fully saturated rings. The van der Waals surface area contributed by atoms with Gasteiger partial charge in [0.1, 0.15) is 0 Å². The van der Waals surface area contributed by atoms with E-state index >= 15 is 0 Å². The third-order valence-electron chi connectivity index (χ3n) is 5.67. The number of rotatable bonds is 8. The molecule has 5 N–H and O–H groups in total. The largest absolute Gasteiger partial charge is 0.416 e. The standard InChI is InChI=1S/C25H26F3N5O2.CH3NO/c1-17(35)32(2)24-15-18(3-9-22(24)31-16-34)4-10-23(19-11-13-30-14-12-19)33(29)21-7-5-20(6-8-21)25(26,27)28;2-1-3/h3,5-8,10-16,22H,4,9,29H2,1-2H3,(H,31,34);1H,(H2,2,3)/b23-10-;. The van der Waals surface area contributed by atoms with E-state index in [2.05, 4.69) is 16.0 Å². The highest BCUT2D eigenvalue weighted by Crippen LogP contribution is 2.32. The fourth-order valence-electron chi connectivity index (χ4n) is 3.67. The molecule has 1 atom stereocenters. The second-order valence-corrected chi connectivity index (χ2v) is 8.08. The van der Waals surface area contributed by atoms with E-state index in [1.165, 1.54) is 29.0 Å². The van der Waals surface area contributed by atoms with Crippen molar-refractivity contribution >= 4 is 30.1 Å². The monoisotopic (exact) mass is 530 g/mol. The van der Waals surface area contributed by atoms with Crippen LogP contribution in [0.3, 0.4) is 0 Å². The van der Waals surface area contributed by atoms with Crippen molar-refractivity contribution in [2.45, 2.75) is 32.0 Å². The number of aromatic nitrogens is 1. The Balaban J connectivity index is 0.00000161. The minimum absolute atomic E-state index is 0.168. The first-order chi connectivity index (χ1) is 18.0. The van der Waals surface area contributed by atoms with E-state index in [-0.39, 0.29) is 18.4 Å². The van der Waals surface area contributed by atoms with Gasteiger partial charge in [-0.15, -0.1) is 0 Å². The van der Waals surface area contributed by atoms with Gasteiger partial charge in [0, 0.05) is 37.6 Å². The van der Waals surface area contributed by atoms with Crippen LogP contribution in [-0.4, -0.2) is 41.7 Å². The fourth-order valence-corrected chi connectivity index (χ4v) is 3.67. The second kappa shape index (κ2) is 13.7. The number of benzene rings is 1. The van der Waals surface area contributed by atoms with Crippen molar-refractivity contribution in [1.29, 1.82) is 0 Å². The third-order valence-corrected chi connectivity index (χ3v) is 5.67. The van der Waals surface area contributed by atoms with Crippen LogP contribution >= 0.6 is 0 Å². The number of hydrazine groups is 1. The van der Waals surface area contributed by atoms with Crippen molar-refractivity contribution < 1.29 is 27.6 Å². The first-order valence-electron chi connectivity index (χ1n) is 11.4. The molecule has 0 aliphatic heterocycles. The SMILES string of the molecule is CC(=O)N(C)C1=CC(C/C=C(/c2ccncc2)N(N)c2ccc(C(F)(F)F)cc2)=CCC1NC=O.NC=O. The highest BCUT2D eigenvalue weighted by molar-refractivity contribution is 5.78. The zero-order chi connectivity index (χ0) is 28.3. The van der Waals surface area contributed by atoms with E-state index in [9.17, 15) is 22.8 Å².